The number of ether oxygens (including phenoxy) is 2. The van der Waals surface area contributed by atoms with Crippen LogP contribution in [0.2, 0.25) is 5.15 Å². The third kappa shape index (κ3) is 14.6. The summed E-state index contributed by atoms with van der Waals surface area (Å²) in [6, 6.07) is 15.4. The molecule has 1 fully saturated rings. The maximum absolute atomic E-state index is 13.3. The van der Waals surface area contributed by atoms with Crippen LogP contribution in [0.3, 0.4) is 0 Å². The van der Waals surface area contributed by atoms with Gasteiger partial charge in [0.15, 0.2) is 34.0 Å². The highest BCUT2D eigenvalue weighted by atomic mass is 35.5. The second kappa shape index (κ2) is 22.0. The standard InChI is InChI=1S/C42H57ClN8O7/c1-49(2)36(54)21-15-32(52)27-57-34-17-11-29(12-18-34)8-5-23-51(25-7-10-31(26-51)46-42(56)38-40(44)48-41(45)39(43)47-38)24-6-9-30-13-19-35(20-14-30)58-28-33(53)16-22-37(55)50(3)4/h11-14,17-20,31H,5-10,15-16,21-28H2,1-4H3,(H4-,44,45,46,48,56)/p+1/t31-/m0/s1. The molecule has 0 aliphatic carbocycles. The molecule has 3 aromatic rings. The number of halogens is 1. The summed E-state index contributed by atoms with van der Waals surface area (Å²) in [5, 5.41) is 3.06. The van der Waals surface area contributed by atoms with E-state index in [2.05, 4.69) is 15.3 Å². The molecular weight excluding hydrogens is 764 g/mol. The van der Waals surface area contributed by atoms with Crippen LogP contribution in [-0.4, -0.2) is 127 Å². The number of quaternary nitrogens is 1. The second-order valence-corrected chi connectivity index (χ2v) is 15.7. The van der Waals surface area contributed by atoms with E-state index in [-0.39, 0.29) is 90.8 Å². The molecule has 0 radical (unpaired) electrons. The first-order valence-electron chi connectivity index (χ1n) is 19.7. The largest absolute Gasteiger partial charge is 0.486 e. The van der Waals surface area contributed by atoms with Gasteiger partial charge in [-0.15, -0.1) is 0 Å². The van der Waals surface area contributed by atoms with Gasteiger partial charge in [0.25, 0.3) is 5.91 Å². The average molecular weight is 822 g/mol. The Kier molecular flexibility index (Phi) is 17.3. The van der Waals surface area contributed by atoms with Crippen molar-refractivity contribution in [2.45, 2.75) is 70.3 Å². The van der Waals surface area contributed by atoms with Gasteiger partial charge in [-0.3, -0.25) is 24.0 Å². The molecule has 1 saturated heterocycles. The van der Waals surface area contributed by atoms with Gasteiger partial charge in [0.05, 0.1) is 32.2 Å². The first-order chi connectivity index (χ1) is 27.6. The lowest BCUT2D eigenvalue weighted by Crippen LogP contribution is -2.60. The molecule has 16 heteroatoms. The van der Waals surface area contributed by atoms with Crippen molar-refractivity contribution in [3.05, 3.63) is 70.5 Å². The van der Waals surface area contributed by atoms with Gasteiger partial charge >= 0.3 is 0 Å². The van der Waals surface area contributed by atoms with E-state index in [1.54, 1.807) is 28.2 Å². The van der Waals surface area contributed by atoms with E-state index in [1.165, 1.54) is 9.80 Å². The number of nitrogens with one attached hydrogen (secondary N) is 1. The summed E-state index contributed by atoms with van der Waals surface area (Å²) in [7, 11) is 6.66. The number of likely N-dealkylation sites (tertiary alicyclic amines) is 1. The number of anilines is 2. The molecule has 15 nitrogen and oxygen atoms in total. The molecule has 0 bridgehead atoms. The number of Topliss-reactive ketones (excluding diaryl/α,β-unsaturated/α-hetero) is 2. The predicted molar refractivity (Wildman–Crippen MR) is 222 cm³/mol. The number of piperidine rings is 1. The zero-order chi connectivity index (χ0) is 42.2. The van der Waals surface area contributed by atoms with Crippen LogP contribution in [0, 0.1) is 0 Å². The van der Waals surface area contributed by atoms with Crippen molar-refractivity contribution in [3.8, 4) is 11.5 Å². The van der Waals surface area contributed by atoms with E-state index in [0.717, 1.165) is 80.3 Å². The Morgan fingerprint density at radius 3 is 1.69 bits per heavy atom. The van der Waals surface area contributed by atoms with Gasteiger partial charge in [0.1, 0.15) is 24.7 Å². The van der Waals surface area contributed by atoms with Crippen molar-refractivity contribution in [2.75, 3.05) is 79.1 Å². The first kappa shape index (κ1) is 45.4. The Balaban J connectivity index is 1.34. The highest BCUT2D eigenvalue weighted by molar-refractivity contribution is 6.31. The maximum atomic E-state index is 13.3. The minimum Gasteiger partial charge on any atom is -0.486 e. The third-order valence-electron chi connectivity index (χ3n) is 10.3. The highest BCUT2D eigenvalue weighted by Crippen LogP contribution is 2.25. The molecular formula is C42H58ClN8O7+. The van der Waals surface area contributed by atoms with Crippen LogP contribution in [0.15, 0.2) is 48.5 Å². The Bertz CT molecular complexity index is 1780. The molecule has 0 saturated carbocycles. The van der Waals surface area contributed by atoms with E-state index in [9.17, 15) is 24.0 Å². The number of carbonyl (C=O) groups is 5. The lowest BCUT2D eigenvalue weighted by Gasteiger charge is -2.45. The average Bonchev–Trinajstić information content (AvgIpc) is 3.19. The molecule has 1 aliphatic rings. The zero-order valence-corrected chi connectivity index (χ0v) is 34.9. The molecule has 0 unspecified atom stereocenters. The van der Waals surface area contributed by atoms with Gasteiger partial charge in [-0.2, -0.15) is 0 Å². The smallest absolute Gasteiger partial charge is 0.274 e. The van der Waals surface area contributed by atoms with Crippen LogP contribution in [0.1, 0.15) is 73.0 Å². The quantitative estimate of drug-likeness (QED) is 0.124. The normalized spacial score (nSPS) is 14.6. The minimum atomic E-state index is -0.436. The molecule has 314 valence electrons. The summed E-state index contributed by atoms with van der Waals surface area (Å²) < 4.78 is 12.2. The van der Waals surface area contributed by atoms with Crippen LogP contribution < -0.4 is 26.3 Å². The van der Waals surface area contributed by atoms with Gasteiger partial charge in [-0.05, 0) is 61.1 Å². The second-order valence-electron chi connectivity index (χ2n) is 15.4. The number of ketones is 2. The molecule has 2 aromatic carbocycles. The summed E-state index contributed by atoms with van der Waals surface area (Å²) in [6.07, 6.45) is 5.88. The summed E-state index contributed by atoms with van der Waals surface area (Å²) in [6.45, 7) is 3.36. The topological polar surface area (TPSA) is 200 Å². The molecule has 1 aliphatic heterocycles. The maximum Gasteiger partial charge on any atom is 0.274 e. The zero-order valence-electron chi connectivity index (χ0n) is 34.1. The van der Waals surface area contributed by atoms with Crippen LogP contribution in [0.25, 0.3) is 0 Å². The van der Waals surface area contributed by atoms with Gasteiger partial charge < -0.3 is 40.5 Å². The number of hydrogen-bond acceptors (Lipinski definition) is 11. The lowest BCUT2D eigenvalue weighted by atomic mass is 9.99. The molecule has 1 aromatic heterocycles. The van der Waals surface area contributed by atoms with Crippen molar-refractivity contribution in [3.63, 3.8) is 0 Å². The summed E-state index contributed by atoms with van der Waals surface area (Å²) in [5.74, 6) is 0.222. The number of aryl methyl sites for hydroxylation is 2. The molecule has 2 heterocycles. The number of nitrogens with two attached hydrogens (primary N) is 2. The van der Waals surface area contributed by atoms with Crippen molar-refractivity contribution in [2.24, 2.45) is 0 Å². The van der Waals surface area contributed by atoms with Crippen LogP contribution in [0.4, 0.5) is 11.6 Å². The number of nitrogen functional groups attached to an aromatic ring is 2. The van der Waals surface area contributed by atoms with E-state index in [0.29, 0.717) is 11.5 Å². The third-order valence-corrected chi connectivity index (χ3v) is 10.6. The number of nitrogens with zero attached hydrogens (tertiary/aromatic N) is 5. The summed E-state index contributed by atoms with van der Waals surface area (Å²) >= 11 is 6.06. The van der Waals surface area contributed by atoms with Crippen molar-refractivity contribution in [1.82, 2.24) is 25.1 Å². The fourth-order valence-corrected chi connectivity index (χ4v) is 7.10. The molecule has 4 rings (SSSR count). The number of benzene rings is 2. The summed E-state index contributed by atoms with van der Waals surface area (Å²) in [5.41, 5.74) is 14.0. The van der Waals surface area contributed by atoms with Gasteiger partial charge in [0.2, 0.25) is 11.8 Å². The van der Waals surface area contributed by atoms with Crippen molar-refractivity contribution >= 4 is 52.5 Å². The number of carbonyl (C=O) groups excluding carboxylic acids is 5. The van der Waals surface area contributed by atoms with E-state index < -0.39 is 5.91 Å². The van der Waals surface area contributed by atoms with Crippen LogP contribution in [-0.2, 0) is 32.0 Å². The highest BCUT2D eigenvalue weighted by Gasteiger charge is 2.35. The summed E-state index contributed by atoms with van der Waals surface area (Å²) in [4.78, 5) is 72.3. The van der Waals surface area contributed by atoms with Gasteiger partial charge in [0, 0.05) is 66.7 Å². The van der Waals surface area contributed by atoms with E-state index in [1.807, 2.05) is 48.5 Å². The fraction of sp³-hybridized carbons (Fsp3) is 0.500. The Morgan fingerprint density at radius 1 is 0.741 bits per heavy atom. The molecule has 1 atom stereocenters. The Labute approximate surface area is 346 Å². The predicted octanol–water partition coefficient (Wildman–Crippen LogP) is 3.90. The molecule has 58 heavy (non-hydrogen) atoms. The van der Waals surface area contributed by atoms with Crippen molar-refractivity contribution in [1.29, 1.82) is 0 Å². The van der Waals surface area contributed by atoms with Crippen LogP contribution in [0.5, 0.6) is 11.5 Å². The number of rotatable bonds is 22. The van der Waals surface area contributed by atoms with Gasteiger partial charge in [-0.25, -0.2) is 9.97 Å². The fourth-order valence-electron chi connectivity index (χ4n) is 6.98. The number of hydrogen-bond donors (Lipinski definition) is 3. The molecule has 0 spiro atoms. The lowest BCUT2D eigenvalue weighted by molar-refractivity contribution is -0.933. The molecule has 5 N–H and O–H groups in total. The van der Waals surface area contributed by atoms with Crippen LogP contribution >= 0.6 is 11.6 Å². The van der Waals surface area contributed by atoms with E-state index >= 15 is 0 Å². The molecule has 3 amide bonds. The Morgan fingerprint density at radius 2 is 1.22 bits per heavy atom. The SMILES string of the molecule is CN(C)C(=O)CCC(=O)COc1ccc(CCC[N+]2(CCCc3ccc(OCC(=O)CCC(=O)N(C)C)cc3)CCC[C@H](NC(=O)c3nc(Cl)c(N)nc3N)C2)cc1. The minimum absolute atomic E-state index is 0.0339. The number of amides is 3. The number of aromatic nitrogens is 2. The Hall–Kier alpha value is -5.28. The van der Waals surface area contributed by atoms with Crippen molar-refractivity contribution < 1.29 is 37.9 Å². The monoisotopic (exact) mass is 821 g/mol. The van der Waals surface area contributed by atoms with E-state index in [4.69, 9.17) is 32.5 Å². The first-order valence-corrected chi connectivity index (χ1v) is 20.1. The van der Waals surface area contributed by atoms with Gasteiger partial charge in [-0.1, -0.05) is 35.9 Å².